The number of carbonyl (C=O) groups is 1. The van der Waals surface area contributed by atoms with Gasteiger partial charge in [-0.15, -0.1) is 12.4 Å². The minimum absolute atomic E-state index is 0. The topological polar surface area (TPSA) is 81.1 Å². The monoisotopic (exact) mass is 235 g/mol. The van der Waals surface area contributed by atoms with E-state index in [4.69, 9.17) is 11.5 Å². The zero-order valence-corrected chi connectivity index (χ0v) is 10.1. The van der Waals surface area contributed by atoms with Crippen molar-refractivity contribution in [2.45, 2.75) is 38.1 Å². The molecule has 0 spiro atoms. The molecule has 0 bridgehead atoms. The Labute approximate surface area is 97.6 Å². The van der Waals surface area contributed by atoms with Crippen LogP contribution in [0.5, 0.6) is 0 Å². The van der Waals surface area contributed by atoms with Gasteiger partial charge in [-0.2, -0.15) is 0 Å². The van der Waals surface area contributed by atoms with E-state index in [1.165, 1.54) is 0 Å². The number of nitrogens with two attached hydrogens (primary N) is 2. The van der Waals surface area contributed by atoms with Crippen LogP contribution in [-0.2, 0) is 4.79 Å². The lowest BCUT2D eigenvalue weighted by Crippen LogP contribution is -2.56. The Morgan fingerprint density at radius 3 is 2.47 bits per heavy atom. The van der Waals surface area contributed by atoms with E-state index in [1.807, 2.05) is 0 Å². The van der Waals surface area contributed by atoms with Gasteiger partial charge in [0.05, 0.1) is 5.54 Å². The highest BCUT2D eigenvalue weighted by Crippen LogP contribution is 2.29. The van der Waals surface area contributed by atoms with Crippen LogP contribution in [0.2, 0.25) is 0 Å². The van der Waals surface area contributed by atoms with Gasteiger partial charge in [0.25, 0.3) is 0 Å². The van der Waals surface area contributed by atoms with Crippen LogP contribution in [0.4, 0.5) is 0 Å². The molecule has 1 saturated carbocycles. The summed E-state index contributed by atoms with van der Waals surface area (Å²) in [6.45, 7) is 3.20. The van der Waals surface area contributed by atoms with Gasteiger partial charge in [0.15, 0.2) is 0 Å². The second-order valence-electron chi connectivity index (χ2n) is 4.38. The van der Waals surface area contributed by atoms with E-state index >= 15 is 0 Å². The Balaban J connectivity index is 0.00000196. The number of halogens is 1. The first-order chi connectivity index (χ1) is 6.58. The summed E-state index contributed by atoms with van der Waals surface area (Å²) in [5.74, 6) is 0.670. The molecule has 0 unspecified atom stereocenters. The summed E-state index contributed by atoms with van der Waals surface area (Å²) in [5.41, 5.74) is 10.7. The molecule has 0 saturated heterocycles. The van der Waals surface area contributed by atoms with Gasteiger partial charge in [0, 0.05) is 13.1 Å². The average molecular weight is 236 g/mol. The predicted molar refractivity (Wildman–Crippen MR) is 63.9 cm³/mol. The Hall–Kier alpha value is -0.320. The standard InChI is InChI=1S/C10H21N3O.ClH/c1-8-2-4-10(12,5-3-8)9(14)13-7-6-11;/h8H,2-7,11-12H2,1H3,(H,13,14);1H. The van der Waals surface area contributed by atoms with Gasteiger partial charge < -0.3 is 16.8 Å². The van der Waals surface area contributed by atoms with E-state index in [2.05, 4.69) is 12.2 Å². The third kappa shape index (κ3) is 3.97. The molecule has 0 aromatic heterocycles. The van der Waals surface area contributed by atoms with E-state index in [9.17, 15) is 4.79 Å². The molecule has 0 aromatic rings. The number of hydrogen-bond acceptors (Lipinski definition) is 3. The van der Waals surface area contributed by atoms with Crippen LogP contribution in [0.1, 0.15) is 32.6 Å². The summed E-state index contributed by atoms with van der Waals surface area (Å²) in [7, 11) is 0. The molecule has 1 fully saturated rings. The Bertz CT molecular complexity index is 203. The molecular weight excluding hydrogens is 214 g/mol. The molecule has 1 rings (SSSR count). The maximum Gasteiger partial charge on any atom is 0.240 e. The fourth-order valence-corrected chi connectivity index (χ4v) is 1.87. The highest BCUT2D eigenvalue weighted by atomic mass is 35.5. The molecule has 5 heteroatoms. The lowest BCUT2D eigenvalue weighted by molar-refractivity contribution is -0.127. The molecule has 1 amide bonds. The maximum absolute atomic E-state index is 11.7. The zero-order valence-electron chi connectivity index (χ0n) is 9.29. The highest BCUT2D eigenvalue weighted by Gasteiger charge is 2.36. The first-order valence-electron chi connectivity index (χ1n) is 5.36. The summed E-state index contributed by atoms with van der Waals surface area (Å²) >= 11 is 0. The summed E-state index contributed by atoms with van der Waals surface area (Å²) in [6.07, 6.45) is 3.69. The SMILES string of the molecule is CC1CCC(N)(C(=O)NCCN)CC1.Cl. The van der Waals surface area contributed by atoms with Gasteiger partial charge >= 0.3 is 0 Å². The van der Waals surface area contributed by atoms with E-state index in [-0.39, 0.29) is 18.3 Å². The first-order valence-corrected chi connectivity index (χ1v) is 5.36. The lowest BCUT2D eigenvalue weighted by atomic mass is 9.77. The lowest BCUT2D eigenvalue weighted by Gasteiger charge is -2.34. The molecule has 5 N–H and O–H groups in total. The van der Waals surface area contributed by atoms with Crippen LogP contribution in [-0.4, -0.2) is 24.5 Å². The van der Waals surface area contributed by atoms with Crippen molar-refractivity contribution in [3.8, 4) is 0 Å². The number of nitrogens with one attached hydrogen (secondary N) is 1. The summed E-state index contributed by atoms with van der Waals surface area (Å²) in [4.78, 5) is 11.7. The molecule has 1 aliphatic rings. The normalized spacial score (nSPS) is 30.5. The molecule has 0 radical (unpaired) electrons. The zero-order chi connectivity index (χ0) is 10.6. The van der Waals surface area contributed by atoms with Crippen molar-refractivity contribution < 1.29 is 4.79 Å². The third-order valence-electron chi connectivity index (χ3n) is 3.05. The van der Waals surface area contributed by atoms with Crippen LogP contribution in [0, 0.1) is 5.92 Å². The van der Waals surface area contributed by atoms with E-state index in [0.29, 0.717) is 19.0 Å². The van der Waals surface area contributed by atoms with Gasteiger partial charge in [-0.1, -0.05) is 6.92 Å². The molecular formula is C10H22ClN3O. The Kier molecular flexibility index (Phi) is 6.17. The number of rotatable bonds is 3. The fraction of sp³-hybridized carbons (Fsp3) is 0.900. The molecule has 15 heavy (non-hydrogen) atoms. The van der Waals surface area contributed by atoms with E-state index in [1.54, 1.807) is 0 Å². The van der Waals surface area contributed by atoms with Crippen LogP contribution < -0.4 is 16.8 Å². The van der Waals surface area contributed by atoms with Crippen LogP contribution in [0.25, 0.3) is 0 Å². The van der Waals surface area contributed by atoms with Crippen LogP contribution >= 0.6 is 12.4 Å². The average Bonchev–Trinajstić information content (AvgIpc) is 2.19. The quantitative estimate of drug-likeness (QED) is 0.662. The second kappa shape index (κ2) is 6.30. The number of amides is 1. The minimum atomic E-state index is -0.637. The molecule has 1 aliphatic carbocycles. The van der Waals surface area contributed by atoms with Crippen molar-refractivity contribution in [2.24, 2.45) is 17.4 Å². The van der Waals surface area contributed by atoms with Crippen molar-refractivity contribution in [1.82, 2.24) is 5.32 Å². The largest absolute Gasteiger partial charge is 0.353 e. The molecule has 0 aliphatic heterocycles. The van der Waals surface area contributed by atoms with Gasteiger partial charge in [0.1, 0.15) is 0 Å². The maximum atomic E-state index is 11.7. The van der Waals surface area contributed by atoms with Crippen LogP contribution in [0.3, 0.4) is 0 Å². The third-order valence-corrected chi connectivity index (χ3v) is 3.05. The smallest absolute Gasteiger partial charge is 0.240 e. The van der Waals surface area contributed by atoms with Gasteiger partial charge in [-0.25, -0.2) is 0 Å². The molecule has 0 atom stereocenters. The van der Waals surface area contributed by atoms with Crippen LogP contribution in [0.15, 0.2) is 0 Å². The number of carbonyl (C=O) groups excluding carboxylic acids is 1. The fourth-order valence-electron chi connectivity index (χ4n) is 1.87. The van der Waals surface area contributed by atoms with Gasteiger partial charge in [-0.05, 0) is 31.6 Å². The van der Waals surface area contributed by atoms with Gasteiger partial charge in [-0.3, -0.25) is 4.79 Å². The van der Waals surface area contributed by atoms with Crippen molar-refractivity contribution in [3.05, 3.63) is 0 Å². The molecule has 90 valence electrons. The van der Waals surface area contributed by atoms with Crippen molar-refractivity contribution >= 4 is 18.3 Å². The van der Waals surface area contributed by atoms with Gasteiger partial charge in [0.2, 0.25) is 5.91 Å². The highest BCUT2D eigenvalue weighted by molar-refractivity contribution is 5.86. The summed E-state index contributed by atoms with van der Waals surface area (Å²) in [5, 5.41) is 2.77. The molecule has 0 aromatic carbocycles. The molecule has 0 heterocycles. The van der Waals surface area contributed by atoms with Crippen molar-refractivity contribution in [3.63, 3.8) is 0 Å². The van der Waals surface area contributed by atoms with E-state index < -0.39 is 5.54 Å². The Morgan fingerprint density at radius 2 is 2.00 bits per heavy atom. The predicted octanol–water partition coefficient (Wildman–Crippen LogP) is 0.391. The molecule has 4 nitrogen and oxygen atoms in total. The summed E-state index contributed by atoms with van der Waals surface area (Å²) < 4.78 is 0. The first kappa shape index (κ1) is 14.7. The van der Waals surface area contributed by atoms with E-state index in [0.717, 1.165) is 25.7 Å². The van der Waals surface area contributed by atoms with Crippen molar-refractivity contribution in [1.29, 1.82) is 0 Å². The summed E-state index contributed by atoms with van der Waals surface area (Å²) in [6, 6.07) is 0. The second-order valence-corrected chi connectivity index (χ2v) is 4.38. The Morgan fingerprint density at radius 1 is 1.47 bits per heavy atom. The number of hydrogen-bond donors (Lipinski definition) is 3. The minimum Gasteiger partial charge on any atom is -0.353 e. The van der Waals surface area contributed by atoms with Crippen molar-refractivity contribution in [2.75, 3.05) is 13.1 Å².